The van der Waals surface area contributed by atoms with Crippen LogP contribution in [0.1, 0.15) is 38.7 Å². The number of phenols is 1. The van der Waals surface area contributed by atoms with Crippen LogP contribution in [0, 0.1) is 29.4 Å². The van der Waals surface area contributed by atoms with Crippen LogP contribution in [0.25, 0.3) is 32.9 Å². The van der Waals surface area contributed by atoms with Crippen LogP contribution >= 0.6 is 0 Å². The highest BCUT2D eigenvalue weighted by Crippen LogP contribution is 2.40. The molecule has 11 heteroatoms. The molecule has 0 amide bonds. The maximum Gasteiger partial charge on any atom is 0.319 e. The van der Waals surface area contributed by atoms with Gasteiger partial charge >= 0.3 is 6.01 Å². The van der Waals surface area contributed by atoms with Gasteiger partial charge in [0.05, 0.1) is 17.1 Å². The summed E-state index contributed by atoms with van der Waals surface area (Å²) in [5.74, 6) is 1.46. The second kappa shape index (κ2) is 11.9. The molecule has 3 saturated heterocycles. The summed E-state index contributed by atoms with van der Waals surface area (Å²) in [6.07, 6.45) is 10.2. The fraction of sp³-hybridized carbons (Fsp3) is 0.457. The van der Waals surface area contributed by atoms with Gasteiger partial charge in [-0.25, -0.2) is 8.78 Å². The van der Waals surface area contributed by atoms with Crippen molar-refractivity contribution in [3.05, 3.63) is 47.7 Å². The van der Waals surface area contributed by atoms with Crippen LogP contribution in [0.15, 0.2) is 30.5 Å². The molecule has 3 aliphatic rings. The molecule has 4 atom stereocenters. The average Bonchev–Trinajstić information content (AvgIpc) is 3.40. The molecule has 46 heavy (non-hydrogen) atoms. The predicted molar refractivity (Wildman–Crippen MR) is 173 cm³/mol. The van der Waals surface area contributed by atoms with E-state index in [0.717, 1.165) is 38.9 Å². The van der Waals surface area contributed by atoms with Crippen LogP contribution in [-0.2, 0) is 4.74 Å². The first-order valence-electron chi connectivity index (χ1n) is 15.9. The van der Waals surface area contributed by atoms with E-state index in [1.54, 1.807) is 13.3 Å². The molecule has 240 valence electrons. The minimum Gasteiger partial charge on any atom is -0.508 e. The fourth-order valence-electron chi connectivity index (χ4n) is 7.62. The van der Waals surface area contributed by atoms with Crippen LogP contribution in [0.2, 0.25) is 0 Å². The Morgan fingerprint density at radius 3 is 2.65 bits per heavy atom. The molecule has 0 aliphatic carbocycles. The topological polar surface area (TPSA) is 95.9 Å². The number of piperazine rings is 1. The van der Waals surface area contributed by atoms with Gasteiger partial charge in [0.1, 0.15) is 35.2 Å². The van der Waals surface area contributed by atoms with Crippen molar-refractivity contribution in [2.75, 3.05) is 51.3 Å². The number of benzene rings is 2. The van der Waals surface area contributed by atoms with Gasteiger partial charge in [0, 0.05) is 67.9 Å². The Labute approximate surface area is 266 Å². The maximum atomic E-state index is 16.8. The standard InChI is InChI=1S/C35H38F2N6O3/c1-5-24-27(36)10-7-20-13-23(44)14-25(29(20)24)31-30(37)32-26(15-38-31)33(43-16-21-8-9-22(17-43)39-21)41-34(40-32)46-19-35(3)18-42(6-2)12-11-28(35)45-4/h1,7,10,13-15,21-22,28,39,44H,6,8-9,11-12,16-19H2,2-4H3/t21-,22+,28-,35-/m0/s1. The number of nitrogens with one attached hydrogen (secondary N) is 1. The van der Waals surface area contributed by atoms with Crippen LogP contribution in [0.3, 0.4) is 0 Å². The molecule has 0 unspecified atom stereocenters. The minimum absolute atomic E-state index is 0.0173. The molecule has 2 bridgehead atoms. The molecule has 3 aliphatic heterocycles. The van der Waals surface area contributed by atoms with E-state index in [1.165, 1.54) is 24.3 Å². The third kappa shape index (κ3) is 5.28. The first kappa shape index (κ1) is 30.5. The number of hydrogen-bond acceptors (Lipinski definition) is 9. The Hall–Kier alpha value is -4.11. The van der Waals surface area contributed by atoms with Crippen molar-refractivity contribution >= 4 is 27.5 Å². The number of halogens is 2. The Morgan fingerprint density at radius 2 is 1.93 bits per heavy atom. The van der Waals surface area contributed by atoms with E-state index >= 15 is 4.39 Å². The van der Waals surface area contributed by atoms with Gasteiger partial charge in [-0.2, -0.15) is 9.97 Å². The molecule has 0 saturated carbocycles. The summed E-state index contributed by atoms with van der Waals surface area (Å²) in [6, 6.07) is 6.22. The van der Waals surface area contributed by atoms with Crippen molar-refractivity contribution in [1.29, 1.82) is 0 Å². The van der Waals surface area contributed by atoms with E-state index in [9.17, 15) is 9.50 Å². The third-order valence-corrected chi connectivity index (χ3v) is 9.94. The number of terminal acetylenes is 1. The number of aromatic hydroxyl groups is 1. The number of likely N-dealkylation sites (tertiary alicyclic amines) is 1. The number of ether oxygens (including phenoxy) is 2. The van der Waals surface area contributed by atoms with E-state index in [1.807, 2.05) is 0 Å². The molecular weight excluding hydrogens is 590 g/mol. The van der Waals surface area contributed by atoms with Crippen molar-refractivity contribution in [1.82, 2.24) is 25.2 Å². The second-order valence-corrected chi connectivity index (χ2v) is 13.0. The molecule has 4 aromatic rings. The van der Waals surface area contributed by atoms with Crippen LogP contribution in [0.4, 0.5) is 14.6 Å². The quantitative estimate of drug-likeness (QED) is 0.278. The average molecular weight is 629 g/mol. The molecular formula is C35H38F2N6O3. The van der Waals surface area contributed by atoms with E-state index in [0.29, 0.717) is 41.8 Å². The van der Waals surface area contributed by atoms with Gasteiger partial charge in [0.25, 0.3) is 0 Å². The Morgan fingerprint density at radius 1 is 1.15 bits per heavy atom. The number of piperidine rings is 1. The Bertz CT molecular complexity index is 1850. The number of aromatic nitrogens is 3. The summed E-state index contributed by atoms with van der Waals surface area (Å²) in [5.41, 5.74) is -0.288. The highest BCUT2D eigenvalue weighted by atomic mass is 19.1. The van der Waals surface area contributed by atoms with Gasteiger partial charge in [-0.3, -0.25) is 4.98 Å². The summed E-state index contributed by atoms with van der Waals surface area (Å²) in [4.78, 5) is 18.5. The van der Waals surface area contributed by atoms with Crippen molar-refractivity contribution < 1.29 is 23.4 Å². The lowest BCUT2D eigenvalue weighted by atomic mass is 9.79. The zero-order valence-electron chi connectivity index (χ0n) is 26.3. The van der Waals surface area contributed by atoms with Crippen LogP contribution in [-0.4, -0.2) is 89.6 Å². The molecule has 0 radical (unpaired) electrons. The van der Waals surface area contributed by atoms with Crippen LogP contribution in [0.5, 0.6) is 11.8 Å². The largest absolute Gasteiger partial charge is 0.508 e. The second-order valence-electron chi connectivity index (χ2n) is 13.0. The molecule has 2 aromatic carbocycles. The Kier molecular flexibility index (Phi) is 7.91. The maximum absolute atomic E-state index is 16.8. The van der Waals surface area contributed by atoms with Gasteiger partial charge in [-0.15, -0.1) is 6.42 Å². The van der Waals surface area contributed by atoms with E-state index in [4.69, 9.17) is 20.9 Å². The van der Waals surface area contributed by atoms with Gasteiger partial charge in [-0.1, -0.05) is 25.8 Å². The first-order chi connectivity index (χ1) is 22.2. The summed E-state index contributed by atoms with van der Waals surface area (Å²) >= 11 is 0. The van der Waals surface area contributed by atoms with Gasteiger partial charge in [0.15, 0.2) is 5.82 Å². The van der Waals surface area contributed by atoms with Gasteiger partial charge < -0.3 is 29.7 Å². The summed E-state index contributed by atoms with van der Waals surface area (Å²) in [7, 11) is 1.72. The normalized spacial score (nSPS) is 24.9. The summed E-state index contributed by atoms with van der Waals surface area (Å²) in [5, 5.41) is 15.4. The lowest BCUT2D eigenvalue weighted by molar-refractivity contribution is -0.0796. The monoisotopic (exact) mass is 628 g/mol. The SMILES string of the molecule is C#Cc1c(F)ccc2cc(O)cc(-c3ncc4c(N5C[C@H]6CC[C@@H](C5)N6)nc(OC[C@]5(C)CN(CC)CC[C@@H]5OC)nc4c3F)c12. The third-order valence-electron chi connectivity index (χ3n) is 9.94. The van der Waals surface area contributed by atoms with E-state index < -0.39 is 11.6 Å². The number of pyridine rings is 1. The van der Waals surface area contributed by atoms with Gasteiger partial charge in [-0.05, 0) is 49.4 Å². The molecule has 7 rings (SSSR count). The van der Waals surface area contributed by atoms with Crippen molar-refractivity contribution in [2.24, 2.45) is 5.41 Å². The molecule has 5 heterocycles. The molecule has 3 fully saturated rings. The minimum atomic E-state index is -0.737. The lowest BCUT2D eigenvalue weighted by Crippen LogP contribution is -2.53. The van der Waals surface area contributed by atoms with Crippen molar-refractivity contribution in [3.63, 3.8) is 0 Å². The number of fused-ring (bicyclic) bond motifs is 4. The van der Waals surface area contributed by atoms with E-state index in [-0.39, 0.29) is 57.6 Å². The first-order valence-corrected chi connectivity index (χ1v) is 15.9. The van der Waals surface area contributed by atoms with E-state index in [2.05, 4.69) is 44.9 Å². The number of nitrogens with zero attached hydrogens (tertiary/aromatic N) is 5. The lowest BCUT2D eigenvalue weighted by Gasteiger charge is -2.44. The molecule has 2 aromatic heterocycles. The number of anilines is 1. The zero-order chi connectivity index (χ0) is 32.2. The Balaban J connectivity index is 1.36. The number of phenolic OH excluding ortho intramolecular Hbond substituents is 1. The van der Waals surface area contributed by atoms with Crippen molar-refractivity contribution in [3.8, 4) is 35.4 Å². The number of hydrogen-bond donors (Lipinski definition) is 2. The highest BCUT2D eigenvalue weighted by molar-refractivity contribution is 6.03. The fourth-order valence-corrected chi connectivity index (χ4v) is 7.62. The zero-order valence-corrected chi connectivity index (χ0v) is 26.3. The number of rotatable bonds is 7. The smallest absolute Gasteiger partial charge is 0.319 e. The molecule has 9 nitrogen and oxygen atoms in total. The molecule has 0 spiro atoms. The van der Waals surface area contributed by atoms with Gasteiger partial charge in [0.2, 0.25) is 0 Å². The summed E-state index contributed by atoms with van der Waals surface area (Å²) < 4.78 is 43.9. The highest BCUT2D eigenvalue weighted by Gasteiger charge is 2.41. The summed E-state index contributed by atoms with van der Waals surface area (Å²) in [6.45, 7) is 8.62. The number of methoxy groups -OCH3 is 1. The molecule has 2 N–H and O–H groups in total. The predicted octanol–water partition coefficient (Wildman–Crippen LogP) is 4.88. The van der Waals surface area contributed by atoms with Crippen molar-refractivity contribution in [2.45, 2.75) is 51.3 Å². The van der Waals surface area contributed by atoms with Crippen LogP contribution < -0.4 is 15.0 Å².